The van der Waals surface area contributed by atoms with Gasteiger partial charge < -0.3 is 10.1 Å². The molecule has 0 spiro atoms. The van der Waals surface area contributed by atoms with E-state index in [1.54, 1.807) is 4.68 Å². The second-order valence-corrected chi connectivity index (χ2v) is 7.95. The summed E-state index contributed by atoms with van der Waals surface area (Å²) in [6.07, 6.45) is 0. The molecule has 0 fully saturated rings. The molecule has 0 aliphatic carbocycles. The highest BCUT2D eigenvalue weighted by Gasteiger charge is 2.21. The van der Waals surface area contributed by atoms with Crippen LogP contribution in [0.5, 0.6) is 5.75 Å². The number of ether oxygens (including phenoxy) is 1. The summed E-state index contributed by atoms with van der Waals surface area (Å²) in [4.78, 5) is 12.6. The van der Waals surface area contributed by atoms with Crippen LogP contribution in [0.25, 0.3) is 5.69 Å². The van der Waals surface area contributed by atoms with E-state index in [4.69, 9.17) is 9.84 Å². The van der Waals surface area contributed by atoms with Crippen LogP contribution in [0.3, 0.4) is 0 Å². The molecule has 152 valence electrons. The van der Waals surface area contributed by atoms with Gasteiger partial charge in [-0.05, 0) is 50.2 Å². The summed E-state index contributed by atoms with van der Waals surface area (Å²) >= 11 is 0. The minimum absolute atomic E-state index is 0.141. The molecule has 29 heavy (non-hydrogen) atoms. The van der Waals surface area contributed by atoms with Crippen molar-refractivity contribution in [1.82, 2.24) is 9.78 Å². The molecular weight excluding hydrogens is 364 g/mol. The number of hydrogen-bond donors (Lipinski definition) is 2. The standard InChI is InChI=1S/C23H28N4O2/c1-6-29-19-13-9-17(10-14-19)24-22(28)25-21-15-20(23(3,4)5)26-27(21)18-11-7-16(2)8-12-18/h7-15H,6H2,1-5H3,(H2,24,25,28). The zero-order valence-corrected chi connectivity index (χ0v) is 17.6. The van der Waals surface area contributed by atoms with Gasteiger partial charge in [0.15, 0.2) is 0 Å². The van der Waals surface area contributed by atoms with Crippen LogP contribution in [0.2, 0.25) is 0 Å². The molecule has 6 nitrogen and oxygen atoms in total. The van der Waals surface area contributed by atoms with Gasteiger partial charge in [-0.1, -0.05) is 38.5 Å². The van der Waals surface area contributed by atoms with Crippen molar-refractivity contribution in [2.75, 3.05) is 17.2 Å². The zero-order valence-electron chi connectivity index (χ0n) is 17.6. The van der Waals surface area contributed by atoms with E-state index in [9.17, 15) is 4.79 Å². The second-order valence-electron chi connectivity index (χ2n) is 7.95. The number of carbonyl (C=O) groups excluding carboxylic acids is 1. The lowest BCUT2D eigenvalue weighted by Crippen LogP contribution is -2.21. The normalized spacial score (nSPS) is 11.2. The highest BCUT2D eigenvalue weighted by Crippen LogP contribution is 2.26. The monoisotopic (exact) mass is 392 g/mol. The predicted molar refractivity (Wildman–Crippen MR) is 117 cm³/mol. The van der Waals surface area contributed by atoms with Crippen molar-refractivity contribution in [2.24, 2.45) is 0 Å². The van der Waals surface area contributed by atoms with Crippen molar-refractivity contribution in [3.8, 4) is 11.4 Å². The molecule has 0 unspecified atom stereocenters. The largest absolute Gasteiger partial charge is 0.494 e. The number of anilines is 2. The minimum Gasteiger partial charge on any atom is -0.494 e. The van der Waals surface area contributed by atoms with Gasteiger partial charge in [-0.3, -0.25) is 5.32 Å². The molecule has 0 bridgehead atoms. The number of aryl methyl sites for hydroxylation is 1. The lowest BCUT2D eigenvalue weighted by atomic mass is 9.92. The second kappa shape index (κ2) is 8.39. The van der Waals surface area contributed by atoms with E-state index in [-0.39, 0.29) is 11.4 Å². The first-order chi connectivity index (χ1) is 13.8. The molecular formula is C23H28N4O2. The fraction of sp³-hybridized carbons (Fsp3) is 0.304. The summed E-state index contributed by atoms with van der Waals surface area (Å²) in [5.41, 5.74) is 3.50. The molecule has 2 amide bonds. The molecule has 0 saturated heterocycles. The molecule has 0 atom stereocenters. The third-order valence-electron chi connectivity index (χ3n) is 4.42. The number of hydrogen-bond acceptors (Lipinski definition) is 3. The van der Waals surface area contributed by atoms with Gasteiger partial charge in [-0.25, -0.2) is 9.48 Å². The Bertz CT molecular complexity index is 968. The van der Waals surface area contributed by atoms with Crippen molar-refractivity contribution in [3.05, 3.63) is 65.9 Å². The Kier molecular flexibility index (Phi) is 5.92. The Morgan fingerprint density at radius 2 is 1.69 bits per heavy atom. The van der Waals surface area contributed by atoms with E-state index in [0.717, 1.165) is 17.1 Å². The van der Waals surface area contributed by atoms with Gasteiger partial charge in [0.05, 0.1) is 18.0 Å². The lowest BCUT2D eigenvalue weighted by Gasteiger charge is -2.14. The molecule has 1 aromatic heterocycles. The van der Waals surface area contributed by atoms with Crippen LogP contribution in [0, 0.1) is 6.92 Å². The van der Waals surface area contributed by atoms with Crippen LogP contribution in [0.1, 0.15) is 39.0 Å². The molecule has 6 heteroatoms. The molecule has 3 rings (SSSR count). The van der Waals surface area contributed by atoms with E-state index in [0.29, 0.717) is 18.1 Å². The number of aromatic nitrogens is 2. The first kappa shape index (κ1) is 20.5. The summed E-state index contributed by atoms with van der Waals surface area (Å²) < 4.78 is 7.19. The Morgan fingerprint density at radius 1 is 1.03 bits per heavy atom. The molecule has 2 aromatic carbocycles. The van der Waals surface area contributed by atoms with E-state index >= 15 is 0 Å². The van der Waals surface area contributed by atoms with Crippen LogP contribution in [0.15, 0.2) is 54.6 Å². The number of urea groups is 1. The van der Waals surface area contributed by atoms with Gasteiger partial charge in [0.2, 0.25) is 0 Å². The van der Waals surface area contributed by atoms with E-state index < -0.39 is 0 Å². The van der Waals surface area contributed by atoms with Crippen molar-refractivity contribution in [1.29, 1.82) is 0 Å². The van der Waals surface area contributed by atoms with Crippen LogP contribution < -0.4 is 15.4 Å². The topological polar surface area (TPSA) is 68.2 Å². The van der Waals surface area contributed by atoms with Gasteiger partial charge in [-0.15, -0.1) is 0 Å². The first-order valence-corrected chi connectivity index (χ1v) is 9.74. The summed E-state index contributed by atoms with van der Waals surface area (Å²) in [6, 6.07) is 16.9. The van der Waals surface area contributed by atoms with Crippen LogP contribution >= 0.6 is 0 Å². The van der Waals surface area contributed by atoms with Crippen molar-refractivity contribution in [2.45, 2.75) is 40.0 Å². The first-order valence-electron chi connectivity index (χ1n) is 9.74. The molecule has 0 aliphatic rings. The average Bonchev–Trinajstić information content (AvgIpc) is 3.08. The highest BCUT2D eigenvalue weighted by molar-refractivity contribution is 5.99. The lowest BCUT2D eigenvalue weighted by molar-refractivity contribution is 0.262. The maximum Gasteiger partial charge on any atom is 0.324 e. The fourth-order valence-corrected chi connectivity index (χ4v) is 2.80. The van der Waals surface area contributed by atoms with Gasteiger partial charge in [0.25, 0.3) is 0 Å². The number of nitrogens with one attached hydrogen (secondary N) is 2. The molecule has 3 aromatic rings. The number of carbonyl (C=O) groups is 1. The fourth-order valence-electron chi connectivity index (χ4n) is 2.80. The maximum atomic E-state index is 12.6. The van der Waals surface area contributed by atoms with Gasteiger partial charge >= 0.3 is 6.03 Å². The minimum atomic E-state index is -0.331. The Hall–Kier alpha value is -3.28. The molecule has 0 saturated carbocycles. The smallest absolute Gasteiger partial charge is 0.324 e. The van der Waals surface area contributed by atoms with Crippen molar-refractivity contribution < 1.29 is 9.53 Å². The third kappa shape index (κ3) is 5.16. The quantitative estimate of drug-likeness (QED) is 0.601. The zero-order chi connectivity index (χ0) is 21.0. The van der Waals surface area contributed by atoms with E-state index in [1.807, 2.05) is 68.4 Å². The van der Waals surface area contributed by atoms with E-state index in [1.165, 1.54) is 5.56 Å². The predicted octanol–water partition coefficient (Wildman–Crippen LogP) is 5.52. The number of benzene rings is 2. The van der Waals surface area contributed by atoms with Crippen molar-refractivity contribution in [3.63, 3.8) is 0 Å². The van der Waals surface area contributed by atoms with Gasteiger partial charge in [-0.2, -0.15) is 5.10 Å². The SMILES string of the molecule is CCOc1ccc(NC(=O)Nc2cc(C(C)(C)C)nn2-c2ccc(C)cc2)cc1. The van der Waals surface area contributed by atoms with Crippen LogP contribution in [-0.2, 0) is 5.41 Å². The van der Waals surface area contributed by atoms with Gasteiger partial charge in [0.1, 0.15) is 11.6 Å². The highest BCUT2D eigenvalue weighted by atomic mass is 16.5. The molecule has 0 aliphatic heterocycles. The molecule has 0 radical (unpaired) electrons. The summed E-state index contributed by atoms with van der Waals surface area (Å²) in [7, 11) is 0. The van der Waals surface area contributed by atoms with Gasteiger partial charge in [0, 0.05) is 17.2 Å². The molecule has 2 N–H and O–H groups in total. The summed E-state index contributed by atoms with van der Waals surface area (Å²) in [5.74, 6) is 1.38. The number of nitrogens with zero attached hydrogens (tertiary/aromatic N) is 2. The van der Waals surface area contributed by atoms with E-state index in [2.05, 4.69) is 31.4 Å². The van der Waals surface area contributed by atoms with Crippen LogP contribution in [0.4, 0.5) is 16.3 Å². The Balaban J connectivity index is 1.82. The summed E-state index contributed by atoms with van der Waals surface area (Å²) in [5, 5.41) is 10.5. The average molecular weight is 393 g/mol. The maximum absolute atomic E-state index is 12.6. The summed E-state index contributed by atoms with van der Waals surface area (Å²) in [6.45, 7) is 10.9. The number of amides is 2. The Labute approximate surface area is 171 Å². The van der Waals surface area contributed by atoms with Crippen molar-refractivity contribution >= 4 is 17.5 Å². The Morgan fingerprint density at radius 3 is 2.28 bits per heavy atom. The molecule has 1 heterocycles. The third-order valence-corrected chi connectivity index (χ3v) is 4.42. The van der Waals surface area contributed by atoms with Crippen LogP contribution in [-0.4, -0.2) is 22.4 Å². The number of rotatable bonds is 5.